The summed E-state index contributed by atoms with van der Waals surface area (Å²) in [5, 5.41) is 6.28. The molecule has 2 N–H and O–H groups in total. The highest BCUT2D eigenvalue weighted by Gasteiger charge is 2.07. The molecular weight excluding hydrogens is 380 g/mol. The van der Waals surface area contributed by atoms with E-state index in [1.54, 1.807) is 12.4 Å². The average molecular weight is 399 g/mol. The number of pyridine rings is 2. The SMILES string of the molecule is CCCNC(=O)c1cccc(CNc2ccnc3cc(Br)cnc23)c1. The van der Waals surface area contributed by atoms with E-state index in [4.69, 9.17) is 0 Å². The second kappa shape index (κ2) is 8.07. The fraction of sp³-hybridized carbons (Fsp3) is 0.211. The number of hydrogen-bond acceptors (Lipinski definition) is 4. The Bertz CT molecular complexity index is 897. The number of fused-ring (bicyclic) bond motifs is 1. The van der Waals surface area contributed by atoms with Gasteiger partial charge in [0.25, 0.3) is 5.91 Å². The number of amides is 1. The highest BCUT2D eigenvalue weighted by molar-refractivity contribution is 9.10. The van der Waals surface area contributed by atoms with Crippen LogP contribution in [0.15, 0.2) is 53.3 Å². The molecule has 5 nitrogen and oxygen atoms in total. The van der Waals surface area contributed by atoms with Crippen LogP contribution in [0, 0.1) is 0 Å². The van der Waals surface area contributed by atoms with Gasteiger partial charge in [0, 0.05) is 35.5 Å². The minimum absolute atomic E-state index is 0.0374. The zero-order valence-electron chi connectivity index (χ0n) is 13.9. The van der Waals surface area contributed by atoms with Gasteiger partial charge in [0.05, 0.1) is 11.2 Å². The summed E-state index contributed by atoms with van der Waals surface area (Å²) in [7, 11) is 0. The summed E-state index contributed by atoms with van der Waals surface area (Å²) < 4.78 is 0.899. The number of rotatable bonds is 6. The Morgan fingerprint density at radius 2 is 2.08 bits per heavy atom. The Balaban J connectivity index is 1.75. The smallest absolute Gasteiger partial charge is 0.251 e. The lowest BCUT2D eigenvalue weighted by molar-refractivity contribution is 0.0953. The largest absolute Gasteiger partial charge is 0.379 e. The minimum Gasteiger partial charge on any atom is -0.379 e. The van der Waals surface area contributed by atoms with E-state index in [0.717, 1.165) is 33.2 Å². The molecule has 2 heterocycles. The van der Waals surface area contributed by atoms with E-state index in [2.05, 4.69) is 36.5 Å². The molecule has 3 rings (SSSR count). The molecule has 0 saturated heterocycles. The van der Waals surface area contributed by atoms with Gasteiger partial charge in [-0.25, -0.2) is 0 Å². The van der Waals surface area contributed by atoms with Crippen LogP contribution in [0.5, 0.6) is 0 Å². The van der Waals surface area contributed by atoms with Crippen molar-refractivity contribution in [3.8, 4) is 0 Å². The van der Waals surface area contributed by atoms with Gasteiger partial charge in [-0.15, -0.1) is 0 Å². The molecule has 0 aliphatic heterocycles. The summed E-state index contributed by atoms with van der Waals surface area (Å²) in [4.78, 5) is 20.9. The van der Waals surface area contributed by atoms with Gasteiger partial charge >= 0.3 is 0 Å². The third-order valence-corrected chi connectivity index (χ3v) is 4.19. The summed E-state index contributed by atoms with van der Waals surface area (Å²) in [5.74, 6) is -0.0374. The topological polar surface area (TPSA) is 66.9 Å². The summed E-state index contributed by atoms with van der Waals surface area (Å²) in [6, 6.07) is 11.5. The van der Waals surface area contributed by atoms with E-state index in [0.29, 0.717) is 18.7 Å². The molecule has 0 aliphatic rings. The van der Waals surface area contributed by atoms with E-state index in [9.17, 15) is 4.79 Å². The Labute approximate surface area is 155 Å². The normalized spacial score (nSPS) is 10.6. The maximum Gasteiger partial charge on any atom is 0.251 e. The van der Waals surface area contributed by atoms with Crippen LogP contribution < -0.4 is 10.6 Å². The molecule has 6 heteroatoms. The van der Waals surface area contributed by atoms with E-state index in [1.807, 2.05) is 43.3 Å². The first kappa shape index (κ1) is 17.4. The molecule has 1 amide bonds. The molecule has 128 valence electrons. The molecule has 0 radical (unpaired) electrons. The fourth-order valence-corrected chi connectivity index (χ4v) is 2.83. The number of halogens is 1. The van der Waals surface area contributed by atoms with Gasteiger partial charge in [-0.2, -0.15) is 0 Å². The van der Waals surface area contributed by atoms with Crippen LogP contribution in [0.3, 0.4) is 0 Å². The molecule has 0 spiro atoms. The molecule has 3 aromatic rings. The Morgan fingerprint density at radius 3 is 2.92 bits per heavy atom. The van der Waals surface area contributed by atoms with Crippen LogP contribution in [0.25, 0.3) is 11.0 Å². The predicted octanol–water partition coefficient (Wildman–Crippen LogP) is 4.14. The molecule has 0 unspecified atom stereocenters. The van der Waals surface area contributed by atoms with Crippen LogP contribution in [0.1, 0.15) is 29.3 Å². The van der Waals surface area contributed by atoms with Crippen molar-refractivity contribution < 1.29 is 4.79 Å². The second-order valence-corrected chi connectivity index (χ2v) is 6.61. The van der Waals surface area contributed by atoms with Gasteiger partial charge in [-0.3, -0.25) is 14.8 Å². The number of carbonyl (C=O) groups is 1. The van der Waals surface area contributed by atoms with Gasteiger partial charge in [-0.1, -0.05) is 19.1 Å². The number of nitrogens with zero attached hydrogens (tertiary/aromatic N) is 2. The fourth-order valence-electron chi connectivity index (χ4n) is 2.51. The maximum atomic E-state index is 12.1. The number of aromatic nitrogens is 2. The summed E-state index contributed by atoms with van der Waals surface area (Å²) >= 11 is 3.41. The lowest BCUT2D eigenvalue weighted by atomic mass is 10.1. The van der Waals surface area contributed by atoms with Crippen LogP contribution >= 0.6 is 15.9 Å². The molecule has 2 aromatic heterocycles. The third kappa shape index (κ3) is 4.33. The lowest BCUT2D eigenvalue weighted by Crippen LogP contribution is -2.24. The molecular formula is C19H19BrN4O. The Morgan fingerprint density at radius 1 is 1.20 bits per heavy atom. The molecule has 0 aliphatic carbocycles. The highest BCUT2D eigenvalue weighted by Crippen LogP contribution is 2.22. The zero-order valence-corrected chi connectivity index (χ0v) is 15.5. The summed E-state index contributed by atoms with van der Waals surface area (Å²) in [6.45, 7) is 3.32. The number of hydrogen-bond donors (Lipinski definition) is 2. The quantitative estimate of drug-likeness (QED) is 0.654. The van der Waals surface area contributed by atoms with Crippen molar-refractivity contribution in [3.05, 3.63) is 64.4 Å². The number of anilines is 1. The van der Waals surface area contributed by atoms with Crippen molar-refractivity contribution in [1.29, 1.82) is 0 Å². The number of nitrogens with one attached hydrogen (secondary N) is 2. The van der Waals surface area contributed by atoms with E-state index in [-0.39, 0.29) is 5.91 Å². The van der Waals surface area contributed by atoms with Crippen LogP contribution in [-0.2, 0) is 6.54 Å². The Kier molecular flexibility index (Phi) is 5.60. The van der Waals surface area contributed by atoms with Crippen molar-refractivity contribution in [1.82, 2.24) is 15.3 Å². The monoisotopic (exact) mass is 398 g/mol. The van der Waals surface area contributed by atoms with Crippen molar-refractivity contribution in [3.63, 3.8) is 0 Å². The minimum atomic E-state index is -0.0374. The standard InChI is InChI=1S/C19H19BrN4O/c1-2-7-22-19(25)14-5-3-4-13(9-14)11-23-16-6-8-21-17-10-15(20)12-24-18(16)17/h3-6,8-10,12H,2,7,11H2,1H3,(H,21,23)(H,22,25). The van der Waals surface area contributed by atoms with Crippen molar-refractivity contribution in [2.45, 2.75) is 19.9 Å². The van der Waals surface area contributed by atoms with Gasteiger partial charge in [0.15, 0.2) is 0 Å². The van der Waals surface area contributed by atoms with Gasteiger partial charge in [-0.05, 0) is 52.2 Å². The summed E-state index contributed by atoms with van der Waals surface area (Å²) in [5.41, 5.74) is 4.27. The van der Waals surface area contributed by atoms with Crippen LogP contribution in [-0.4, -0.2) is 22.4 Å². The molecule has 0 saturated carbocycles. The predicted molar refractivity (Wildman–Crippen MR) is 104 cm³/mol. The van der Waals surface area contributed by atoms with Crippen LogP contribution in [0.2, 0.25) is 0 Å². The van der Waals surface area contributed by atoms with Gasteiger partial charge in [0.2, 0.25) is 0 Å². The molecule has 0 atom stereocenters. The van der Waals surface area contributed by atoms with Crippen molar-refractivity contribution in [2.24, 2.45) is 0 Å². The summed E-state index contributed by atoms with van der Waals surface area (Å²) in [6.07, 6.45) is 4.44. The molecule has 0 bridgehead atoms. The first-order valence-corrected chi connectivity index (χ1v) is 8.98. The maximum absolute atomic E-state index is 12.1. The molecule has 25 heavy (non-hydrogen) atoms. The lowest BCUT2D eigenvalue weighted by Gasteiger charge is -2.10. The Hall–Kier alpha value is -2.47. The number of carbonyl (C=O) groups excluding carboxylic acids is 1. The average Bonchev–Trinajstić information content (AvgIpc) is 2.64. The second-order valence-electron chi connectivity index (χ2n) is 5.69. The van der Waals surface area contributed by atoms with Crippen molar-refractivity contribution in [2.75, 3.05) is 11.9 Å². The molecule has 1 aromatic carbocycles. The van der Waals surface area contributed by atoms with Gasteiger partial charge in [0.1, 0.15) is 5.52 Å². The van der Waals surface area contributed by atoms with Crippen LogP contribution in [0.4, 0.5) is 5.69 Å². The zero-order chi connectivity index (χ0) is 17.6. The number of benzene rings is 1. The van der Waals surface area contributed by atoms with E-state index < -0.39 is 0 Å². The van der Waals surface area contributed by atoms with E-state index >= 15 is 0 Å². The van der Waals surface area contributed by atoms with Gasteiger partial charge < -0.3 is 10.6 Å². The highest BCUT2D eigenvalue weighted by atomic mass is 79.9. The third-order valence-electron chi connectivity index (χ3n) is 3.75. The van der Waals surface area contributed by atoms with Crippen molar-refractivity contribution >= 4 is 38.6 Å². The molecule has 0 fully saturated rings. The first-order valence-electron chi connectivity index (χ1n) is 8.18. The first-order chi connectivity index (χ1) is 12.2. The van der Waals surface area contributed by atoms with E-state index in [1.165, 1.54) is 0 Å².